The van der Waals surface area contributed by atoms with Crippen molar-refractivity contribution in [3.8, 4) is 0 Å². The molecular weight excluding hydrogens is 232 g/mol. The first-order valence-corrected chi connectivity index (χ1v) is 6.74. The zero-order valence-corrected chi connectivity index (χ0v) is 11.8. The molecule has 1 aliphatic heterocycles. The van der Waals surface area contributed by atoms with Gasteiger partial charge in [0, 0.05) is 25.2 Å². The Morgan fingerprint density at radius 1 is 1.50 bits per heavy atom. The minimum absolute atomic E-state index is 0.0554. The number of hydrogen-bond acceptors (Lipinski definition) is 4. The second-order valence-corrected chi connectivity index (χ2v) is 5.35. The summed E-state index contributed by atoms with van der Waals surface area (Å²) in [7, 11) is 1.37. The number of carbonyl (C=O) groups excluding carboxylic acids is 1. The van der Waals surface area contributed by atoms with E-state index in [0.29, 0.717) is 6.04 Å². The number of aliphatic hydroxyl groups excluding tert-OH is 1. The van der Waals surface area contributed by atoms with Gasteiger partial charge in [-0.15, -0.1) is 0 Å². The van der Waals surface area contributed by atoms with Gasteiger partial charge in [0.2, 0.25) is 0 Å². The van der Waals surface area contributed by atoms with E-state index in [-0.39, 0.29) is 18.1 Å². The number of likely N-dealkylation sites (tertiary alicyclic amines) is 1. The van der Waals surface area contributed by atoms with Crippen molar-refractivity contribution in [2.45, 2.75) is 51.8 Å². The van der Waals surface area contributed by atoms with Crippen LogP contribution < -0.4 is 5.32 Å². The van der Waals surface area contributed by atoms with Crippen LogP contribution in [0.2, 0.25) is 0 Å². The number of amides is 1. The van der Waals surface area contributed by atoms with Gasteiger partial charge < -0.3 is 15.2 Å². The molecule has 0 aliphatic carbocycles. The number of hydrogen-bond donors (Lipinski definition) is 2. The molecule has 18 heavy (non-hydrogen) atoms. The smallest absolute Gasteiger partial charge is 0.407 e. The molecule has 0 bridgehead atoms. The maximum atomic E-state index is 11.3. The molecule has 0 aromatic rings. The van der Waals surface area contributed by atoms with E-state index in [4.69, 9.17) is 0 Å². The Kier molecular flexibility index (Phi) is 5.88. The Morgan fingerprint density at radius 3 is 2.67 bits per heavy atom. The fourth-order valence-corrected chi connectivity index (χ4v) is 2.54. The Balaban J connectivity index is 2.65. The highest BCUT2D eigenvalue weighted by Gasteiger charge is 2.32. The summed E-state index contributed by atoms with van der Waals surface area (Å²) in [6.45, 7) is 7.97. The number of aliphatic hydroxyl groups is 1. The molecule has 1 saturated heterocycles. The number of rotatable bonds is 4. The molecule has 1 amide bonds. The lowest BCUT2D eigenvalue weighted by molar-refractivity contribution is 0.0244. The molecule has 3 unspecified atom stereocenters. The molecule has 1 rings (SSSR count). The van der Waals surface area contributed by atoms with Gasteiger partial charge >= 0.3 is 6.09 Å². The van der Waals surface area contributed by atoms with Crippen LogP contribution in [0, 0.1) is 5.92 Å². The second kappa shape index (κ2) is 6.95. The zero-order chi connectivity index (χ0) is 13.7. The third kappa shape index (κ3) is 4.14. The zero-order valence-electron chi connectivity index (χ0n) is 11.8. The maximum Gasteiger partial charge on any atom is 0.407 e. The topological polar surface area (TPSA) is 61.8 Å². The average Bonchev–Trinajstić information content (AvgIpc) is 2.37. The summed E-state index contributed by atoms with van der Waals surface area (Å²) in [6.07, 6.45) is 0.873. The number of alkyl carbamates (subject to hydrolysis) is 1. The van der Waals surface area contributed by atoms with Crippen LogP contribution in [0.15, 0.2) is 0 Å². The molecule has 106 valence electrons. The molecule has 0 aromatic carbocycles. The number of methoxy groups -OCH3 is 1. The van der Waals surface area contributed by atoms with Crippen LogP contribution in [-0.4, -0.2) is 54.5 Å². The van der Waals surface area contributed by atoms with Gasteiger partial charge in [0.25, 0.3) is 0 Å². The fraction of sp³-hybridized carbons (Fsp3) is 0.923. The number of piperidine rings is 1. The van der Waals surface area contributed by atoms with Crippen molar-refractivity contribution in [3.05, 3.63) is 0 Å². The van der Waals surface area contributed by atoms with Crippen LogP contribution >= 0.6 is 0 Å². The maximum absolute atomic E-state index is 11.3. The third-order valence-corrected chi connectivity index (χ3v) is 3.71. The Morgan fingerprint density at radius 2 is 2.17 bits per heavy atom. The Labute approximate surface area is 109 Å². The van der Waals surface area contributed by atoms with Gasteiger partial charge in [-0.2, -0.15) is 0 Å². The highest BCUT2D eigenvalue weighted by atomic mass is 16.5. The van der Waals surface area contributed by atoms with Crippen molar-refractivity contribution in [2.75, 3.05) is 20.2 Å². The van der Waals surface area contributed by atoms with Crippen molar-refractivity contribution < 1.29 is 14.6 Å². The lowest BCUT2D eigenvalue weighted by atomic mass is 9.88. The quantitative estimate of drug-likeness (QED) is 0.796. The van der Waals surface area contributed by atoms with Crippen molar-refractivity contribution in [1.29, 1.82) is 0 Å². The van der Waals surface area contributed by atoms with Gasteiger partial charge in [0.15, 0.2) is 0 Å². The summed E-state index contributed by atoms with van der Waals surface area (Å²) in [5.74, 6) is 0.216. The van der Waals surface area contributed by atoms with Crippen LogP contribution in [0.4, 0.5) is 4.79 Å². The Bertz CT molecular complexity index is 271. The van der Waals surface area contributed by atoms with Gasteiger partial charge in [0.1, 0.15) is 0 Å². The van der Waals surface area contributed by atoms with E-state index in [1.165, 1.54) is 7.11 Å². The first kappa shape index (κ1) is 15.2. The van der Waals surface area contributed by atoms with Gasteiger partial charge in [-0.1, -0.05) is 6.92 Å². The normalized spacial score (nSPS) is 27.0. The molecule has 0 saturated carbocycles. The first-order chi connectivity index (χ1) is 8.47. The number of ether oxygens (including phenoxy) is 1. The van der Waals surface area contributed by atoms with E-state index >= 15 is 0 Å². The molecular formula is C13H26N2O3. The van der Waals surface area contributed by atoms with Crippen LogP contribution in [0.5, 0.6) is 0 Å². The minimum atomic E-state index is -0.393. The number of carbonyl (C=O) groups is 1. The lowest BCUT2D eigenvalue weighted by Crippen LogP contribution is -2.54. The van der Waals surface area contributed by atoms with E-state index in [2.05, 4.69) is 28.8 Å². The van der Waals surface area contributed by atoms with E-state index in [1.54, 1.807) is 0 Å². The molecule has 1 heterocycles. The van der Waals surface area contributed by atoms with E-state index in [0.717, 1.165) is 25.9 Å². The van der Waals surface area contributed by atoms with Crippen LogP contribution in [-0.2, 0) is 4.74 Å². The molecule has 1 aliphatic rings. The monoisotopic (exact) mass is 258 g/mol. The molecule has 0 spiro atoms. The Hall–Kier alpha value is -0.810. The molecule has 2 N–H and O–H groups in total. The highest BCUT2D eigenvalue weighted by Crippen LogP contribution is 2.23. The van der Waals surface area contributed by atoms with Crippen molar-refractivity contribution in [3.63, 3.8) is 0 Å². The van der Waals surface area contributed by atoms with Gasteiger partial charge in [0.05, 0.1) is 13.2 Å². The predicted molar refractivity (Wildman–Crippen MR) is 70.4 cm³/mol. The second-order valence-electron chi connectivity index (χ2n) is 5.35. The fourth-order valence-electron chi connectivity index (χ4n) is 2.54. The SMILES string of the molecule is CCC(O)C1CC(NC(=O)OC)CN(C(C)C)C1. The van der Waals surface area contributed by atoms with Crippen molar-refractivity contribution in [1.82, 2.24) is 10.2 Å². The van der Waals surface area contributed by atoms with Crippen molar-refractivity contribution in [2.24, 2.45) is 5.92 Å². The van der Waals surface area contributed by atoms with E-state index in [9.17, 15) is 9.90 Å². The number of nitrogens with one attached hydrogen (secondary N) is 1. The lowest BCUT2D eigenvalue weighted by Gasteiger charge is -2.41. The largest absolute Gasteiger partial charge is 0.453 e. The summed E-state index contributed by atoms with van der Waals surface area (Å²) in [4.78, 5) is 13.6. The van der Waals surface area contributed by atoms with Gasteiger partial charge in [-0.3, -0.25) is 4.90 Å². The molecule has 0 aromatic heterocycles. The molecule has 5 nitrogen and oxygen atoms in total. The van der Waals surface area contributed by atoms with Crippen LogP contribution in [0.3, 0.4) is 0 Å². The van der Waals surface area contributed by atoms with Crippen LogP contribution in [0.25, 0.3) is 0 Å². The summed E-state index contributed by atoms with van der Waals surface area (Å²) < 4.78 is 4.64. The molecule has 0 radical (unpaired) electrons. The molecule has 1 fully saturated rings. The van der Waals surface area contributed by atoms with Gasteiger partial charge in [-0.25, -0.2) is 4.79 Å². The summed E-state index contributed by atoms with van der Waals surface area (Å²) in [5.41, 5.74) is 0. The van der Waals surface area contributed by atoms with E-state index < -0.39 is 6.09 Å². The highest BCUT2D eigenvalue weighted by molar-refractivity contribution is 5.67. The summed E-state index contributed by atoms with van der Waals surface area (Å²) in [5, 5.41) is 12.9. The average molecular weight is 258 g/mol. The predicted octanol–water partition coefficient (Wildman–Crippen LogP) is 1.21. The van der Waals surface area contributed by atoms with Crippen LogP contribution in [0.1, 0.15) is 33.6 Å². The number of nitrogens with zero attached hydrogens (tertiary/aromatic N) is 1. The van der Waals surface area contributed by atoms with Crippen molar-refractivity contribution >= 4 is 6.09 Å². The van der Waals surface area contributed by atoms with Gasteiger partial charge in [-0.05, 0) is 32.6 Å². The standard InChI is InChI=1S/C13H26N2O3/c1-5-12(16)10-6-11(14-13(17)18-4)8-15(7-10)9(2)3/h9-12,16H,5-8H2,1-4H3,(H,14,17). The third-order valence-electron chi connectivity index (χ3n) is 3.71. The minimum Gasteiger partial charge on any atom is -0.453 e. The molecule has 5 heteroatoms. The molecule has 3 atom stereocenters. The summed E-state index contributed by atoms with van der Waals surface area (Å²) >= 11 is 0. The first-order valence-electron chi connectivity index (χ1n) is 6.74. The summed E-state index contributed by atoms with van der Waals surface area (Å²) in [6, 6.07) is 0.471. The van der Waals surface area contributed by atoms with E-state index in [1.807, 2.05) is 6.92 Å².